The zero-order chi connectivity index (χ0) is 17.2. The van der Waals surface area contributed by atoms with Crippen molar-refractivity contribution < 1.29 is 23.1 Å². The molecule has 0 saturated carbocycles. The van der Waals surface area contributed by atoms with Crippen molar-refractivity contribution in [1.82, 2.24) is 14.8 Å². The fraction of sp³-hybridized carbons (Fsp3) is 0.533. The second kappa shape index (κ2) is 6.47. The van der Waals surface area contributed by atoms with Gasteiger partial charge in [0.2, 0.25) is 5.95 Å². The molecule has 2 heterocycles. The Balaban J connectivity index is 1.98. The predicted octanol–water partition coefficient (Wildman–Crippen LogP) is 2.05. The van der Waals surface area contributed by atoms with Crippen LogP contribution in [0.4, 0.5) is 13.6 Å². The highest BCUT2D eigenvalue weighted by molar-refractivity contribution is 5.94. The van der Waals surface area contributed by atoms with Crippen molar-refractivity contribution in [3.63, 3.8) is 0 Å². The third kappa shape index (κ3) is 4.14. The first-order valence-corrected chi connectivity index (χ1v) is 7.26. The molecule has 1 aliphatic heterocycles. The van der Waals surface area contributed by atoms with Crippen LogP contribution >= 0.6 is 0 Å². The third-order valence-corrected chi connectivity index (χ3v) is 3.30. The molecule has 0 unspecified atom stereocenters. The number of carbonyl (C=O) groups is 2. The first-order chi connectivity index (χ1) is 10.7. The molecular formula is C15H19F2N3O3. The Bertz CT molecular complexity index is 608. The molecule has 0 N–H and O–H groups in total. The lowest BCUT2D eigenvalue weighted by Gasteiger charge is -2.35. The van der Waals surface area contributed by atoms with Gasteiger partial charge in [0, 0.05) is 32.4 Å². The van der Waals surface area contributed by atoms with Crippen LogP contribution in [0, 0.1) is 11.8 Å². The van der Waals surface area contributed by atoms with E-state index in [1.807, 2.05) is 0 Å². The SMILES string of the molecule is CC(C)(C)OC(=O)N1CCN(C(=O)c2ccnc(F)c2F)CC1. The summed E-state index contributed by atoms with van der Waals surface area (Å²) in [5, 5.41) is 0. The molecule has 1 fully saturated rings. The van der Waals surface area contributed by atoms with Crippen LogP contribution in [0.5, 0.6) is 0 Å². The van der Waals surface area contributed by atoms with Crippen LogP contribution in [0.2, 0.25) is 0 Å². The van der Waals surface area contributed by atoms with Gasteiger partial charge in [-0.25, -0.2) is 14.2 Å². The first-order valence-electron chi connectivity index (χ1n) is 7.26. The van der Waals surface area contributed by atoms with Gasteiger partial charge in [-0.3, -0.25) is 4.79 Å². The number of pyridine rings is 1. The standard InChI is InChI=1S/C15H19F2N3O3/c1-15(2,3)23-14(22)20-8-6-19(7-9-20)13(21)10-4-5-18-12(17)11(10)16/h4-5H,6-9H2,1-3H3. The molecular weight excluding hydrogens is 308 g/mol. The summed E-state index contributed by atoms with van der Waals surface area (Å²) in [6.07, 6.45) is 0.591. The number of rotatable bonds is 1. The van der Waals surface area contributed by atoms with Crippen molar-refractivity contribution in [2.45, 2.75) is 26.4 Å². The number of halogens is 2. The summed E-state index contributed by atoms with van der Waals surface area (Å²) in [7, 11) is 0. The van der Waals surface area contributed by atoms with Crippen molar-refractivity contribution in [2.75, 3.05) is 26.2 Å². The quantitative estimate of drug-likeness (QED) is 0.741. The van der Waals surface area contributed by atoms with Crippen LogP contribution in [0.3, 0.4) is 0 Å². The monoisotopic (exact) mass is 327 g/mol. The molecule has 1 aromatic rings. The molecule has 0 radical (unpaired) electrons. The van der Waals surface area contributed by atoms with Gasteiger partial charge in [-0.2, -0.15) is 4.39 Å². The first kappa shape index (κ1) is 17.1. The lowest BCUT2D eigenvalue weighted by atomic mass is 10.2. The summed E-state index contributed by atoms with van der Waals surface area (Å²) < 4.78 is 32.0. The second-order valence-electron chi connectivity index (χ2n) is 6.22. The minimum Gasteiger partial charge on any atom is -0.444 e. The van der Waals surface area contributed by atoms with Gasteiger partial charge in [0.1, 0.15) is 5.60 Å². The van der Waals surface area contributed by atoms with Gasteiger partial charge in [-0.15, -0.1) is 0 Å². The normalized spacial score (nSPS) is 15.5. The summed E-state index contributed by atoms with van der Waals surface area (Å²) in [5.41, 5.74) is -0.954. The number of aromatic nitrogens is 1. The lowest BCUT2D eigenvalue weighted by molar-refractivity contribution is 0.0140. The zero-order valence-corrected chi connectivity index (χ0v) is 13.3. The van der Waals surface area contributed by atoms with Crippen molar-refractivity contribution >= 4 is 12.0 Å². The number of nitrogens with zero attached hydrogens (tertiary/aromatic N) is 3. The van der Waals surface area contributed by atoms with E-state index in [2.05, 4.69) is 4.98 Å². The molecule has 1 saturated heterocycles. The summed E-state index contributed by atoms with van der Waals surface area (Å²) >= 11 is 0. The number of hydrogen-bond acceptors (Lipinski definition) is 4. The molecule has 1 aliphatic rings. The largest absolute Gasteiger partial charge is 0.444 e. The van der Waals surface area contributed by atoms with Crippen molar-refractivity contribution in [3.05, 3.63) is 29.6 Å². The topological polar surface area (TPSA) is 62.7 Å². The van der Waals surface area contributed by atoms with E-state index >= 15 is 0 Å². The van der Waals surface area contributed by atoms with E-state index in [9.17, 15) is 18.4 Å². The Hall–Kier alpha value is -2.25. The highest BCUT2D eigenvalue weighted by atomic mass is 19.2. The zero-order valence-electron chi connectivity index (χ0n) is 13.3. The molecule has 2 rings (SSSR count). The van der Waals surface area contributed by atoms with Crippen molar-refractivity contribution in [2.24, 2.45) is 0 Å². The van der Waals surface area contributed by atoms with Crippen LogP contribution in [0.1, 0.15) is 31.1 Å². The number of amides is 2. The number of carbonyl (C=O) groups excluding carboxylic acids is 2. The van der Waals surface area contributed by atoms with Gasteiger partial charge in [0.05, 0.1) is 5.56 Å². The van der Waals surface area contributed by atoms with E-state index in [0.717, 1.165) is 12.3 Å². The average molecular weight is 327 g/mol. The highest BCUT2D eigenvalue weighted by Crippen LogP contribution is 2.15. The van der Waals surface area contributed by atoms with Gasteiger partial charge in [0.15, 0.2) is 5.82 Å². The fourth-order valence-electron chi connectivity index (χ4n) is 2.17. The summed E-state index contributed by atoms with van der Waals surface area (Å²) in [6.45, 7) is 6.30. The van der Waals surface area contributed by atoms with Crippen LogP contribution in [-0.2, 0) is 4.74 Å². The van der Waals surface area contributed by atoms with Gasteiger partial charge < -0.3 is 14.5 Å². The fourth-order valence-corrected chi connectivity index (χ4v) is 2.17. The molecule has 0 bridgehead atoms. The van der Waals surface area contributed by atoms with E-state index in [4.69, 9.17) is 4.74 Å². The van der Waals surface area contributed by atoms with E-state index < -0.39 is 29.4 Å². The molecule has 23 heavy (non-hydrogen) atoms. The Labute approximate surface area is 133 Å². The highest BCUT2D eigenvalue weighted by Gasteiger charge is 2.29. The summed E-state index contributed by atoms with van der Waals surface area (Å²) in [4.78, 5) is 30.2. The lowest BCUT2D eigenvalue weighted by Crippen LogP contribution is -2.51. The van der Waals surface area contributed by atoms with Crippen LogP contribution in [-0.4, -0.2) is 58.6 Å². The maximum atomic E-state index is 13.6. The number of piperazine rings is 1. The van der Waals surface area contributed by atoms with E-state index in [1.165, 1.54) is 9.80 Å². The molecule has 126 valence electrons. The Morgan fingerprint density at radius 1 is 1.13 bits per heavy atom. The maximum Gasteiger partial charge on any atom is 0.410 e. The van der Waals surface area contributed by atoms with Gasteiger partial charge >= 0.3 is 6.09 Å². The smallest absolute Gasteiger partial charge is 0.410 e. The number of hydrogen-bond donors (Lipinski definition) is 0. The predicted molar refractivity (Wildman–Crippen MR) is 77.9 cm³/mol. The number of ether oxygens (including phenoxy) is 1. The van der Waals surface area contributed by atoms with E-state index in [1.54, 1.807) is 20.8 Å². The van der Waals surface area contributed by atoms with Crippen LogP contribution < -0.4 is 0 Å². The molecule has 8 heteroatoms. The minimum absolute atomic E-state index is 0.224. The Kier molecular flexibility index (Phi) is 4.82. The summed E-state index contributed by atoms with van der Waals surface area (Å²) in [5.74, 6) is -3.18. The maximum absolute atomic E-state index is 13.6. The molecule has 2 amide bonds. The Morgan fingerprint density at radius 2 is 1.70 bits per heavy atom. The molecule has 0 spiro atoms. The molecule has 0 aliphatic carbocycles. The average Bonchev–Trinajstić information content (AvgIpc) is 2.48. The van der Waals surface area contributed by atoms with Crippen molar-refractivity contribution in [1.29, 1.82) is 0 Å². The van der Waals surface area contributed by atoms with Gasteiger partial charge in [-0.1, -0.05) is 0 Å². The molecule has 1 aromatic heterocycles. The second-order valence-corrected chi connectivity index (χ2v) is 6.22. The summed E-state index contributed by atoms with van der Waals surface area (Å²) in [6, 6.07) is 1.14. The van der Waals surface area contributed by atoms with E-state index in [0.29, 0.717) is 0 Å². The van der Waals surface area contributed by atoms with Crippen LogP contribution in [0.25, 0.3) is 0 Å². The third-order valence-electron chi connectivity index (χ3n) is 3.30. The molecule has 6 nitrogen and oxygen atoms in total. The van der Waals surface area contributed by atoms with Gasteiger partial charge in [0.25, 0.3) is 5.91 Å². The van der Waals surface area contributed by atoms with E-state index in [-0.39, 0.29) is 31.7 Å². The van der Waals surface area contributed by atoms with Gasteiger partial charge in [-0.05, 0) is 26.8 Å². The molecule has 0 aromatic carbocycles. The van der Waals surface area contributed by atoms with Crippen LogP contribution in [0.15, 0.2) is 12.3 Å². The molecule has 0 atom stereocenters. The van der Waals surface area contributed by atoms with Crippen molar-refractivity contribution in [3.8, 4) is 0 Å². The Morgan fingerprint density at radius 3 is 2.26 bits per heavy atom. The minimum atomic E-state index is -1.30.